The third-order valence-corrected chi connectivity index (χ3v) is 2.61. The molecular formula is C13H27N3O2. The number of carbonyl (C=O) groups is 2. The quantitative estimate of drug-likeness (QED) is 0.720. The minimum absolute atomic E-state index is 0.0680. The molecule has 0 fully saturated rings. The van der Waals surface area contributed by atoms with Crippen LogP contribution in [0.25, 0.3) is 0 Å². The summed E-state index contributed by atoms with van der Waals surface area (Å²) in [5.41, 5.74) is 0. The number of urea groups is 1. The summed E-state index contributed by atoms with van der Waals surface area (Å²) in [5.74, 6) is -0.0680. The van der Waals surface area contributed by atoms with Gasteiger partial charge in [-0.15, -0.1) is 0 Å². The van der Waals surface area contributed by atoms with Crippen molar-refractivity contribution >= 4 is 11.9 Å². The molecule has 3 amide bonds. The molecule has 1 N–H and O–H groups in total. The molecule has 0 bridgehead atoms. The van der Waals surface area contributed by atoms with Crippen LogP contribution in [0.2, 0.25) is 0 Å². The molecule has 0 spiro atoms. The SMILES string of the molecule is CCCCC(=O)N(CCCN(C)C)C(=O)NCC. The highest BCUT2D eigenvalue weighted by Gasteiger charge is 2.19. The van der Waals surface area contributed by atoms with Crippen LogP contribution in [0.4, 0.5) is 4.79 Å². The van der Waals surface area contributed by atoms with E-state index in [1.54, 1.807) is 0 Å². The third kappa shape index (κ3) is 7.27. The zero-order valence-corrected chi connectivity index (χ0v) is 12.2. The Bertz CT molecular complexity index is 255. The van der Waals surface area contributed by atoms with E-state index in [-0.39, 0.29) is 11.9 Å². The van der Waals surface area contributed by atoms with Crippen LogP contribution in [-0.4, -0.2) is 55.5 Å². The van der Waals surface area contributed by atoms with Gasteiger partial charge >= 0.3 is 6.03 Å². The van der Waals surface area contributed by atoms with Crippen LogP contribution in [-0.2, 0) is 4.79 Å². The zero-order valence-electron chi connectivity index (χ0n) is 12.2. The van der Waals surface area contributed by atoms with Crippen molar-refractivity contribution in [3.05, 3.63) is 0 Å². The Balaban J connectivity index is 4.32. The van der Waals surface area contributed by atoms with Crippen LogP contribution >= 0.6 is 0 Å². The molecule has 0 rings (SSSR count). The number of unbranched alkanes of at least 4 members (excludes halogenated alkanes) is 1. The molecule has 5 nitrogen and oxygen atoms in total. The van der Waals surface area contributed by atoms with Crippen molar-refractivity contribution < 1.29 is 9.59 Å². The van der Waals surface area contributed by atoms with Gasteiger partial charge in [0.1, 0.15) is 0 Å². The van der Waals surface area contributed by atoms with Crippen LogP contribution in [0.15, 0.2) is 0 Å². The molecule has 0 radical (unpaired) electrons. The maximum Gasteiger partial charge on any atom is 0.324 e. The number of imide groups is 1. The monoisotopic (exact) mass is 257 g/mol. The van der Waals surface area contributed by atoms with Gasteiger partial charge in [-0.3, -0.25) is 9.69 Å². The molecular weight excluding hydrogens is 230 g/mol. The Labute approximate surface area is 111 Å². The third-order valence-electron chi connectivity index (χ3n) is 2.61. The molecule has 0 aliphatic rings. The van der Waals surface area contributed by atoms with E-state index in [9.17, 15) is 9.59 Å². The van der Waals surface area contributed by atoms with Crippen LogP contribution in [0.1, 0.15) is 39.5 Å². The smallest absolute Gasteiger partial charge is 0.324 e. The van der Waals surface area contributed by atoms with Crippen molar-refractivity contribution in [2.45, 2.75) is 39.5 Å². The molecule has 106 valence electrons. The predicted octanol–water partition coefficient (Wildman–Crippen LogP) is 1.69. The van der Waals surface area contributed by atoms with Gasteiger partial charge in [0.05, 0.1) is 0 Å². The van der Waals surface area contributed by atoms with Crippen molar-refractivity contribution in [2.24, 2.45) is 0 Å². The normalized spacial score (nSPS) is 10.5. The summed E-state index contributed by atoms with van der Waals surface area (Å²) in [5, 5.41) is 2.69. The lowest BCUT2D eigenvalue weighted by Gasteiger charge is -2.22. The van der Waals surface area contributed by atoms with Gasteiger partial charge in [-0.1, -0.05) is 13.3 Å². The van der Waals surface area contributed by atoms with E-state index >= 15 is 0 Å². The fraction of sp³-hybridized carbons (Fsp3) is 0.846. The van der Waals surface area contributed by atoms with Crippen molar-refractivity contribution in [1.29, 1.82) is 0 Å². The molecule has 0 heterocycles. The molecule has 0 unspecified atom stereocenters. The Morgan fingerprint density at radius 3 is 2.22 bits per heavy atom. The van der Waals surface area contributed by atoms with E-state index in [0.717, 1.165) is 25.8 Å². The summed E-state index contributed by atoms with van der Waals surface area (Å²) >= 11 is 0. The first kappa shape index (κ1) is 16.9. The second-order valence-electron chi connectivity index (χ2n) is 4.64. The largest absolute Gasteiger partial charge is 0.338 e. The summed E-state index contributed by atoms with van der Waals surface area (Å²) < 4.78 is 0. The van der Waals surface area contributed by atoms with Crippen molar-refractivity contribution in [2.75, 3.05) is 33.7 Å². The maximum absolute atomic E-state index is 11.9. The second kappa shape index (κ2) is 9.88. The van der Waals surface area contributed by atoms with Gasteiger partial charge in [-0.2, -0.15) is 0 Å². The average molecular weight is 257 g/mol. The molecule has 5 heteroatoms. The molecule has 0 aromatic carbocycles. The molecule has 0 saturated carbocycles. The molecule has 0 aliphatic carbocycles. The summed E-state index contributed by atoms with van der Waals surface area (Å²) in [6.07, 6.45) is 3.06. The highest BCUT2D eigenvalue weighted by Crippen LogP contribution is 2.03. The van der Waals surface area contributed by atoms with Crippen molar-refractivity contribution in [3.8, 4) is 0 Å². The average Bonchev–Trinajstić information content (AvgIpc) is 2.31. The molecule has 0 atom stereocenters. The van der Waals surface area contributed by atoms with Gasteiger partial charge in [-0.25, -0.2) is 4.79 Å². The van der Waals surface area contributed by atoms with E-state index in [1.165, 1.54) is 4.90 Å². The first-order chi connectivity index (χ1) is 8.52. The number of hydrogen-bond acceptors (Lipinski definition) is 3. The fourth-order valence-electron chi connectivity index (χ4n) is 1.59. The molecule has 0 aliphatic heterocycles. The number of rotatable bonds is 8. The summed E-state index contributed by atoms with van der Waals surface area (Å²) in [6, 6.07) is -0.266. The minimum Gasteiger partial charge on any atom is -0.338 e. The van der Waals surface area contributed by atoms with Crippen molar-refractivity contribution in [3.63, 3.8) is 0 Å². The first-order valence-electron chi connectivity index (χ1n) is 6.75. The van der Waals surface area contributed by atoms with Crippen LogP contribution in [0.3, 0.4) is 0 Å². The van der Waals surface area contributed by atoms with Gasteiger partial charge in [-0.05, 0) is 40.4 Å². The highest BCUT2D eigenvalue weighted by molar-refractivity contribution is 5.94. The number of hydrogen-bond donors (Lipinski definition) is 1. The van der Waals surface area contributed by atoms with E-state index in [1.807, 2.05) is 32.8 Å². The molecule has 0 aromatic heterocycles. The van der Waals surface area contributed by atoms with Crippen LogP contribution < -0.4 is 5.32 Å². The molecule has 0 saturated heterocycles. The lowest BCUT2D eigenvalue weighted by molar-refractivity contribution is -0.128. The van der Waals surface area contributed by atoms with Gasteiger partial charge in [0.2, 0.25) is 5.91 Å². The number of nitrogens with zero attached hydrogens (tertiary/aromatic N) is 2. The van der Waals surface area contributed by atoms with E-state index < -0.39 is 0 Å². The van der Waals surface area contributed by atoms with Gasteiger partial charge in [0.25, 0.3) is 0 Å². The van der Waals surface area contributed by atoms with Gasteiger partial charge in [0, 0.05) is 19.5 Å². The van der Waals surface area contributed by atoms with E-state index in [0.29, 0.717) is 19.5 Å². The van der Waals surface area contributed by atoms with Gasteiger partial charge in [0.15, 0.2) is 0 Å². The van der Waals surface area contributed by atoms with E-state index in [4.69, 9.17) is 0 Å². The molecule has 18 heavy (non-hydrogen) atoms. The standard InChI is InChI=1S/C13H27N3O2/c1-5-7-9-12(17)16(13(18)14-6-2)11-8-10-15(3)4/h5-11H2,1-4H3,(H,14,18). The zero-order chi connectivity index (χ0) is 14.0. The topological polar surface area (TPSA) is 52.7 Å². The maximum atomic E-state index is 11.9. The Morgan fingerprint density at radius 1 is 1.06 bits per heavy atom. The van der Waals surface area contributed by atoms with Crippen LogP contribution in [0, 0.1) is 0 Å². The van der Waals surface area contributed by atoms with E-state index in [2.05, 4.69) is 5.32 Å². The number of nitrogens with one attached hydrogen (secondary N) is 1. The minimum atomic E-state index is -0.266. The summed E-state index contributed by atoms with van der Waals surface area (Å²) in [7, 11) is 3.96. The number of carbonyl (C=O) groups excluding carboxylic acids is 2. The second-order valence-corrected chi connectivity index (χ2v) is 4.64. The van der Waals surface area contributed by atoms with Crippen LogP contribution in [0.5, 0.6) is 0 Å². The lowest BCUT2D eigenvalue weighted by atomic mass is 10.2. The molecule has 0 aromatic rings. The predicted molar refractivity (Wildman–Crippen MR) is 73.5 cm³/mol. The fourth-order valence-corrected chi connectivity index (χ4v) is 1.59. The Hall–Kier alpha value is -1.10. The van der Waals surface area contributed by atoms with Gasteiger partial charge < -0.3 is 10.2 Å². The highest BCUT2D eigenvalue weighted by atomic mass is 16.2. The van der Waals surface area contributed by atoms with Crippen molar-refractivity contribution in [1.82, 2.24) is 15.1 Å². The summed E-state index contributed by atoms with van der Waals surface area (Å²) in [4.78, 5) is 27.1. The Morgan fingerprint density at radius 2 is 1.72 bits per heavy atom. The first-order valence-corrected chi connectivity index (χ1v) is 6.75. The number of amides is 3. The lowest BCUT2D eigenvalue weighted by Crippen LogP contribution is -2.44. The Kier molecular flexibility index (Phi) is 9.28. The summed E-state index contributed by atoms with van der Waals surface area (Å²) in [6.45, 7) is 5.80.